The van der Waals surface area contributed by atoms with Crippen LogP contribution in [0.4, 0.5) is 8.78 Å². The Kier molecular flexibility index (Phi) is 4.97. The Morgan fingerprint density at radius 2 is 2.03 bits per heavy atom. The number of carbonyl (C=O) groups is 1. The average molecular weight is 440 g/mol. The maximum Gasteiger partial charge on any atom is 0.387 e. The van der Waals surface area contributed by atoms with Crippen LogP contribution in [0.1, 0.15) is 53.2 Å². The van der Waals surface area contributed by atoms with Crippen LogP contribution in [-0.2, 0) is 6.54 Å². The van der Waals surface area contributed by atoms with Crippen molar-refractivity contribution in [1.29, 1.82) is 0 Å². The summed E-state index contributed by atoms with van der Waals surface area (Å²) in [5, 5.41) is 12.9. The number of aromatic carboxylic acids is 1. The Morgan fingerprint density at radius 3 is 2.72 bits per heavy atom. The third kappa shape index (κ3) is 3.44. The SMILES string of the molecule is CC1CNCc2cc(-c3ccc4c(=O)c(C(=O)O)cn(C5CC5)c4c3OC(F)F)ccc21. The number of carboxylic acids is 1. The molecule has 5 rings (SSSR count). The first-order valence-electron chi connectivity index (χ1n) is 10.6. The molecule has 1 aliphatic heterocycles. The highest BCUT2D eigenvalue weighted by molar-refractivity contribution is 5.97. The van der Waals surface area contributed by atoms with Crippen LogP contribution in [0.25, 0.3) is 22.0 Å². The van der Waals surface area contributed by atoms with Crippen molar-refractivity contribution in [3.8, 4) is 16.9 Å². The Morgan fingerprint density at radius 1 is 1.25 bits per heavy atom. The molecule has 8 heteroatoms. The van der Waals surface area contributed by atoms with Gasteiger partial charge in [0.05, 0.1) is 10.9 Å². The van der Waals surface area contributed by atoms with E-state index in [1.165, 1.54) is 17.8 Å². The summed E-state index contributed by atoms with van der Waals surface area (Å²) in [5.41, 5.74) is 2.57. The van der Waals surface area contributed by atoms with Gasteiger partial charge in [-0.2, -0.15) is 8.78 Å². The highest BCUT2D eigenvalue weighted by Crippen LogP contribution is 2.43. The zero-order valence-electron chi connectivity index (χ0n) is 17.4. The van der Waals surface area contributed by atoms with Crippen LogP contribution in [-0.4, -0.2) is 28.8 Å². The van der Waals surface area contributed by atoms with Gasteiger partial charge in [0.2, 0.25) is 5.43 Å². The molecule has 2 aromatic carbocycles. The lowest BCUT2D eigenvalue weighted by atomic mass is 9.89. The summed E-state index contributed by atoms with van der Waals surface area (Å²) in [6, 6.07) is 8.87. The molecule has 2 N–H and O–H groups in total. The van der Waals surface area contributed by atoms with E-state index in [1.807, 2.05) is 18.2 Å². The van der Waals surface area contributed by atoms with Crippen molar-refractivity contribution in [3.05, 3.63) is 63.4 Å². The number of hydrogen-bond donors (Lipinski definition) is 2. The van der Waals surface area contributed by atoms with Gasteiger partial charge in [-0.3, -0.25) is 4.79 Å². The lowest BCUT2D eigenvalue weighted by Gasteiger charge is -2.24. The van der Waals surface area contributed by atoms with Crippen molar-refractivity contribution in [1.82, 2.24) is 9.88 Å². The number of pyridine rings is 1. The summed E-state index contributed by atoms with van der Waals surface area (Å²) in [7, 11) is 0. The molecule has 0 saturated heterocycles. The zero-order valence-corrected chi connectivity index (χ0v) is 17.4. The normalized spacial score (nSPS) is 18.1. The molecule has 32 heavy (non-hydrogen) atoms. The number of alkyl halides is 2. The van der Waals surface area contributed by atoms with Crippen LogP contribution in [0.2, 0.25) is 0 Å². The number of carboxylic acid groups (broad SMARTS) is 1. The standard InChI is InChI=1S/C24H22F2N2O4/c1-12-9-27-10-14-8-13(2-5-16(12)14)17-6-7-18-20(22(17)32-24(25)26)28(15-3-4-15)11-19(21(18)29)23(30)31/h2,5-8,11-12,15,24,27H,3-4,9-10H2,1H3,(H,30,31). The molecule has 1 atom stereocenters. The van der Waals surface area contributed by atoms with E-state index in [1.54, 1.807) is 10.6 Å². The molecule has 0 spiro atoms. The quantitative estimate of drug-likeness (QED) is 0.610. The molecular weight excluding hydrogens is 418 g/mol. The molecule has 2 heterocycles. The van der Waals surface area contributed by atoms with E-state index in [0.29, 0.717) is 23.6 Å². The molecule has 1 fully saturated rings. The fraction of sp³-hybridized carbons (Fsp3) is 0.333. The molecule has 0 bridgehead atoms. The minimum Gasteiger partial charge on any atom is -0.477 e. The summed E-state index contributed by atoms with van der Waals surface area (Å²) >= 11 is 0. The van der Waals surface area contributed by atoms with Crippen LogP contribution in [0.5, 0.6) is 5.75 Å². The molecule has 1 unspecified atom stereocenters. The summed E-state index contributed by atoms with van der Waals surface area (Å²) in [6.07, 6.45) is 2.81. The van der Waals surface area contributed by atoms with Gasteiger partial charge in [0.1, 0.15) is 5.56 Å². The van der Waals surface area contributed by atoms with Crippen molar-refractivity contribution in [3.63, 3.8) is 0 Å². The van der Waals surface area contributed by atoms with Crippen molar-refractivity contribution in [2.24, 2.45) is 0 Å². The van der Waals surface area contributed by atoms with Crippen molar-refractivity contribution in [2.45, 2.75) is 44.9 Å². The maximum absolute atomic E-state index is 13.5. The van der Waals surface area contributed by atoms with Gasteiger partial charge in [-0.1, -0.05) is 19.1 Å². The molecule has 1 aromatic heterocycles. The van der Waals surface area contributed by atoms with Crippen LogP contribution in [0.15, 0.2) is 41.3 Å². The fourth-order valence-electron chi connectivity index (χ4n) is 4.59. The van der Waals surface area contributed by atoms with E-state index in [2.05, 4.69) is 12.2 Å². The van der Waals surface area contributed by atoms with E-state index in [9.17, 15) is 23.5 Å². The van der Waals surface area contributed by atoms with Crippen molar-refractivity contribution in [2.75, 3.05) is 6.54 Å². The van der Waals surface area contributed by atoms with Crippen LogP contribution in [0, 0.1) is 0 Å². The summed E-state index contributed by atoms with van der Waals surface area (Å²) in [6.45, 7) is 0.587. The first-order chi connectivity index (χ1) is 15.3. The minimum absolute atomic E-state index is 0.0555. The smallest absolute Gasteiger partial charge is 0.387 e. The van der Waals surface area contributed by atoms with Crippen LogP contribution >= 0.6 is 0 Å². The summed E-state index contributed by atoms with van der Waals surface area (Å²) in [5.74, 6) is -1.10. The topological polar surface area (TPSA) is 80.6 Å². The molecule has 2 aliphatic rings. The number of benzene rings is 2. The first-order valence-corrected chi connectivity index (χ1v) is 10.6. The average Bonchev–Trinajstić information content (AvgIpc) is 3.59. The van der Waals surface area contributed by atoms with E-state index in [0.717, 1.165) is 24.9 Å². The minimum atomic E-state index is -3.10. The van der Waals surface area contributed by atoms with Crippen molar-refractivity contribution >= 4 is 16.9 Å². The number of aromatic nitrogens is 1. The summed E-state index contributed by atoms with van der Waals surface area (Å²) in [4.78, 5) is 24.4. The third-order valence-electron chi connectivity index (χ3n) is 6.28. The zero-order chi connectivity index (χ0) is 22.6. The number of fused-ring (bicyclic) bond motifs is 2. The number of halogens is 2. The van der Waals surface area contributed by atoms with Gasteiger partial charge in [-0.25, -0.2) is 4.79 Å². The second-order valence-corrected chi connectivity index (χ2v) is 8.48. The fourth-order valence-corrected chi connectivity index (χ4v) is 4.59. The van der Waals surface area contributed by atoms with E-state index in [-0.39, 0.29) is 28.3 Å². The Bertz CT molecular complexity index is 1300. The highest BCUT2D eigenvalue weighted by atomic mass is 19.3. The molecule has 166 valence electrons. The first kappa shape index (κ1) is 20.6. The van der Waals surface area contributed by atoms with Crippen LogP contribution < -0.4 is 15.5 Å². The van der Waals surface area contributed by atoms with Gasteiger partial charge in [0.25, 0.3) is 0 Å². The highest BCUT2D eigenvalue weighted by Gasteiger charge is 2.30. The monoisotopic (exact) mass is 440 g/mol. The number of hydrogen-bond acceptors (Lipinski definition) is 4. The van der Waals surface area contributed by atoms with Gasteiger partial charge in [-0.05, 0) is 53.6 Å². The molecule has 1 aliphatic carbocycles. The largest absolute Gasteiger partial charge is 0.477 e. The maximum atomic E-state index is 13.5. The second-order valence-electron chi connectivity index (χ2n) is 8.48. The Labute approximate surface area is 182 Å². The molecule has 3 aromatic rings. The van der Waals surface area contributed by atoms with Crippen molar-refractivity contribution < 1.29 is 23.4 Å². The molecule has 0 amide bonds. The molecule has 0 radical (unpaired) electrons. The predicted molar refractivity (Wildman–Crippen MR) is 116 cm³/mol. The third-order valence-corrected chi connectivity index (χ3v) is 6.28. The number of nitrogens with one attached hydrogen (secondary N) is 1. The van der Waals surface area contributed by atoms with Crippen LogP contribution in [0.3, 0.4) is 0 Å². The number of ether oxygens (including phenoxy) is 1. The lowest BCUT2D eigenvalue weighted by molar-refractivity contribution is -0.0486. The van der Waals surface area contributed by atoms with Gasteiger partial charge < -0.3 is 19.7 Å². The molecule has 1 saturated carbocycles. The van der Waals surface area contributed by atoms with E-state index >= 15 is 0 Å². The van der Waals surface area contributed by atoms with Gasteiger partial charge in [0, 0.05) is 30.9 Å². The number of rotatable bonds is 5. The predicted octanol–water partition coefficient (Wildman–Crippen LogP) is 4.51. The van der Waals surface area contributed by atoms with Gasteiger partial charge in [-0.15, -0.1) is 0 Å². The molecule has 6 nitrogen and oxygen atoms in total. The van der Waals surface area contributed by atoms with E-state index < -0.39 is 18.0 Å². The van der Waals surface area contributed by atoms with Gasteiger partial charge in [0.15, 0.2) is 5.75 Å². The van der Waals surface area contributed by atoms with E-state index in [4.69, 9.17) is 4.74 Å². The second kappa shape index (κ2) is 7.70. The van der Waals surface area contributed by atoms with Gasteiger partial charge >= 0.3 is 12.6 Å². The Hall–Kier alpha value is -3.26. The summed E-state index contributed by atoms with van der Waals surface area (Å²) < 4.78 is 33.6. The Balaban J connectivity index is 1.79. The molecular formula is C24H22F2N2O4. The lowest BCUT2D eigenvalue weighted by Crippen LogP contribution is -2.26. The number of nitrogens with zero attached hydrogens (tertiary/aromatic N) is 1.